The highest BCUT2D eigenvalue weighted by Gasteiger charge is 2.73. The largest absolute Gasteiger partial charge is 0.511 e. The molecule has 0 aromatic carbocycles. The summed E-state index contributed by atoms with van der Waals surface area (Å²) in [6.45, 7) is 21.7. The summed E-state index contributed by atoms with van der Waals surface area (Å²) in [4.78, 5) is 44.8. The Morgan fingerprint density at radius 3 is 1.95 bits per heavy atom. The summed E-state index contributed by atoms with van der Waals surface area (Å²) in [6, 6.07) is 0. The van der Waals surface area contributed by atoms with E-state index < -0.39 is 27.9 Å². The molecule has 4 atom stereocenters. The summed E-state index contributed by atoms with van der Waals surface area (Å²) in [7, 11) is 0. The Morgan fingerprint density at radius 2 is 1.45 bits per heavy atom. The van der Waals surface area contributed by atoms with Gasteiger partial charge in [-0.05, 0) is 112 Å². The smallest absolute Gasteiger partial charge is 0.184 e. The van der Waals surface area contributed by atoms with Crippen molar-refractivity contribution in [3.63, 3.8) is 0 Å². The molecule has 0 amide bonds. The standard InChI is InChI=1S/C36H54O4/c1-23(2)13-12-20-34(11)28(16-14-24(3)4)19-22-35(21-18-26(7)8)31(38)29(17-15-25(5)6)32(39)36(34,33(35)40)30(37)27(9)10/h13-15,18,27-28,38H,12,16-17,19-22H2,1-11H3/t28-,34+,35+,36-/m0/s1. The highest BCUT2D eigenvalue weighted by Crippen LogP contribution is 2.65. The maximum absolute atomic E-state index is 15.2. The van der Waals surface area contributed by atoms with E-state index >= 15 is 4.79 Å². The fraction of sp³-hybridized carbons (Fsp3) is 0.639. The maximum Gasteiger partial charge on any atom is 0.184 e. The molecule has 2 aliphatic carbocycles. The number of carbonyl (C=O) groups is 3. The van der Waals surface area contributed by atoms with Crippen molar-refractivity contribution < 1.29 is 19.5 Å². The minimum Gasteiger partial charge on any atom is -0.511 e. The van der Waals surface area contributed by atoms with Gasteiger partial charge in [-0.15, -0.1) is 0 Å². The quantitative estimate of drug-likeness (QED) is 0.205. The number of allylic oxidation sites excluding steroid dienone is 10. The predicted molar refractivity (Wildman–Crippen MR) is 166 cm³/mol. The lowest BCUT2D eigenvalue weighted by molar-refractivity contribution is -0.167. The van der Waals surface area contributed by atoms with Crippen molar-refractivity contribution in [2.75, 3.05) is 0 Å². The van der Waals surface area contributed by atoms with Crippen molar-refractivity contribution in [2.24, 2.45) is 28.1 Å². The lowest BCUT2D eigenvalue weighted by Gasteiger charge is -2.53. The van der Waals surface area contributed by atoms with Crippen molar-refractivity contribution in [3.8, 4) is 0 Å². The van der Waals surface area contributed by atoms with E-state index in [1.165, 1.54) is 11.1 Å². The molecule has 222 valence electrons. The molecule has 4 heteroatoms. The van der Waals surface area contributed by atoms with Gasteiger partial charge in [0.2, 0.25) is 0 Å². The first-order chi connectivity index (χ1) is 18.5. The zero-order valence-corrected chi connectivity index (χ0v) is 27.1. The Labute approximate surface area is 243 Å². The van der Waals surface area contributed by atoms with Gasteiger partial charge in [-0.1, -0.05) is 67.4 Å². The molecule has 1 saturated carbocycles. The lowest BCUT2D eigenvalue weighted by atomic mass is 9.45. The van der Waals surface area contributed by atoms with Crippen LogP contribution in [-0.2, 0) is 14.4 Å². The second kappa shape index (κ2) is 13.0. The van der Waals surface area contributed by atoms with Gasteiger partial charge in [-0.3, -0.25) is 14.4 Å². The van der Waals surface area contributed by atoms with Gasteiger partial charge in [0.05, 0.1) is 5.41 Å². The van der Waals surface area contributed by atoms with E-state index in [-0.39, 0.29) is 41.7 Å². The number of carbonyl (C=O) groups excluding carboxylic acids is 3. The minimum atomic E-state index is -1.85. The molecular weight excluding hydrogens is 496 g/mol. The van der Waals surface area contributed by atoms with E-state index in [2.05, 4.69) is 26.0 Å². The highest BCUT2D eigenvalue weighted by molar-refractivity contribution is 6.33. The van der Waals surface area contributed by atoms with Crippen LogP contribution in [0.1, 0.15) is 121 Å². The Hall–Kier alpha value is -2.49. The molecule has 2 rings (SSSR count). The van der Waals surface area contributed by atoms with Crippen LogP contribution in [0.25, 0.3) is 0 Å². The first-order valence-corrected chi connectivity index (χ1v) is 15.1. The van der Waals surface area contributed by atoms with E-state index in [0.29, 0.717) is 32.1 Å². The summed E-state index contributed by atoms with van der Waals surface area (Å²) in [5.41, 5.74) is 0.586. The lowest BCUT2D eigenvalue weighted by Crippen LogP contribution is -2.65. The topological polar surface area (TPSA) is 71.4 Å². The second-order valence-electron chi connectivity index (χ2n) is 13.8. The molecule has 0 aromatic heterocycles. The third kappa shape index (κ3) is 6.06. The van der Waals surface area contributed by atoms with Crippen molar-refractivity contribution in [1.82, 2.24) is 0 Å². The Bertz CT molecular complexity index is 1160. The molecular formula is C36H54O4. The van der Waals surface area contributed by atoms with Crippen LogP contribution in [0, 0.1) is 28.1 Å². The molecule has 1 N–H and O–H groups in total. The van der Waals surface area contributed by atoms with Crippen LogP contribution < -0.4 is 0 Å². The molecule has 4 nitrogen and oxygen atoms in total. The molecule has 0 saturated heterocycles. The third-order valence-electron chi connectivity index (χ3n) is 9.30. The fourth-order valence-corrected chi connectivity index (χ4v) is 6.90. The van der Waals surface area contributed by atoms with E-state index in [9.17, 15) is 14.7 Å². The number of hydrogen-bond acceptors (Lipinski definition) is 4. The number of rotatable bonds is 11. The van der Waals surface area contributed by atoms with Crippen molar-refractivity contribution >= 4 is 17.3 Å². The summed E-state index contributed by atoms with van der Waals surface area (Å²) in [5.74, 6) is -1.84. The average Bonchev–Trinajstić information content (AvgIpc) is 2.90. The van der Waals surface area contributed by atoms with E-state index in [1.807, 2.05) is 60.6 Å². The molecule has 0 spiro atoms. The van der Waals surface area contributed by atoms with Gasteiger partial charge < -0.3 is 5.11 Å². The van der Waals surface area contributed by atoms with Gasteiger partial charge in [0.15, 0.2) is 22.8 Å². The number of ketones is 3. The van der Waals surface area contributed by atoms with Gasteiger partial charge in [0, 0.05) is 11.5 Å². The van der Waals surface area contributed by atoms with E-state index in [0.717, 1.165) is 11.1 Å². The van der Waals surface area contributed by atoms with Gasteiger partial charge in [0.1, 0.15) is 5.76 Å². The van der Waals surface area contributed by atoms with Gasteiger partial charge in [-0.2, -0.15) is 0 Å². The molecule has 0 aliphatic heterocycles. The number of fused-ring (bicyclic) bond motifs is 2. The van der Waals surface area contributed by atoms with Crippen LogP contribution in [0.5, 0.6) is 0 Å². The molecule has 2 bridgehead atoms. The SMILES string of the molecule is CC(C)=CCC[C@]1(C)[C@@H](CC=C(C)C)CC[C@@]2(CC=C(C)C)C(=O)[C@]1(C(=O)C(C)C)C(=O)C(CC=C(C)C)=C2O. The minimum absolute atomic E-state index is 0.0762. The third-order valence-corrected chi connectivity index (χ3v) is 9.30. The molecule has 0 heterocycles. The van der Waals surface area contributed by atoms with Crippen molar-refractivity contribution in [3.05, 3.63) is 57.9 Å². The number of hydrogen-bond donors (Lipinski definition) is 1. The van der Waals surface area contributed by atoms with Crippen LogP contribution in [-0.4, -0.2) is 22.5 Å². The second-order valence-corrected chi connectivity index (χ2v) is 13.8. The summed E-state index contributed by atoms with van der Waals surface area (Å²) in [6.07, 6.45) is 11.7. The maximum atomic E-state index is 15.2. The normalized spacial score (nSPS) is 28.1. The van der Waals surface area contributed by atoms with Gasteiger partial charge >= 0.3 is 0 Å². The van der Waals surface area contributed by atoms with Gasteiger partial charge in [0.25, 0.3) is 0 Å². The zero-order chi connectivity index (χ0) is 30.6. The summed E-state index contributed by atoms with van der Waals surface area (Å²) in [5, 5.41) is 11.9. The average molecular weight is 551 g/mol. The van der Waals surface area contributed by atoms with E-state index in [4.69, 9.17) is 0 Å². The summed E-state index contributed by atoms with van der Waals surface area (Å²) < 4.78 is 0. The predicted octanol–water partition coefficient (Wildman–Crippen LogP) is 9.38. The molecule has 0 radical (unpaired) electrons. The van der Waals surface area contributed by atoms with Crippen LogP contribution in [0.4, 0.5) is 0 Å². The Balaban J connectivity index is 3.12. The summed E-state index contributed by atoms with van der Waals surface area (Å²) >= 11 is 0. The number of aliphatic hydroxyl groups is 1. The van der Waals surface area contributed by atoms with E-state index in [1.54, 1.807) is 13.8 Å². The first-order valence-electron chi connectivity index (χ1n) is 15.1. The molecule has 0 aromatic rings. The molecule has 1 fully saturated rings. The monoisotopic (exact) mass is 550 g/mol. The molecule has 40 heavy (non-hydrogen) atoms. The zero-order valence-electron chi connectivity index (χ0n) is 27.1. The van der Waals surface area contributed by atoms with Crippen LogP contribution in [0.3, 0.4) is 0 Å². The van der Waals surface area contributed by atoms with Gasteiger partial charge in [-0.25, -0.2) is 0 Å². The molecule has 2 aliphatic rings. The van der Waals surface area contributed by atoms with Crippen LogP contribution in [0.15, 0.2) is 57.9 Å². The Kier molecular flexibility index (Phi) is 11.0. The molecule has 0 unspecified atom stereocenters. The Morgan fingerprint density at radius 1 is 0.900 bits per heavy atom. The number of Topliss-reactive ketones (excluding diaryl/α,β-unsaturated/α-hetero) is 3. The van der Waals surface area contributed by atoms with Crippen LogP contribution in [0.2, 0.25) is 0 Å². The first kappa shape index (κ1) is 33.7. The number of aliphatic hydroxyl groups excluding tert-OH is 1. The fourth-order valence-electron chi connectivity index (χ4n) is 6.90. The van der Waals surface area contributed by atoms with Crippen molar-refractivity contribution in [2.45, 2.75) is 121 Å². The van der Waals surface area contributed by atoms with Crippen molar-refractivity contribution in [1.29, 1.82) is 0 Å². The van der Waals surface area contributed by atoms with Crippen LogP contribution >= 0.6 is 0 Å². The highest BCUT2D eigenvalue weighted by atomic mass is 16.3.